The molecule has 0 heterocycles. The smallest absolute Gasteiger partial charge is 0 e. The van der Waals surface area contributed by atoms with E-state index in [1.807, 2.05) is 0 Å². The molecule has 1 radical (unpaired) electrons. The van der Waals surface area contributed by atoms with E-state index in [1.54, 1.807) is 0 Å². The number of hydrogen-bond acceptors (Lipinski definition) is 0. The van der Waals surface area contributed by atoms with E-state index < -0.39 is 0 Å². The number of hydrogen-bond donors (Lipinski definition) is 0. The van der Waals surface area contributed by atoms with Gasteiger partial charge in [-0.05, 0) is 0 Å². The van der Waals surface area contributed by atoms with Crippen molar-refractivity contribution in [3.63, 3.8) is 0 Å². The van der Waals surface area contributed by atoms with E-state index >= 15 is 0 Å². The van der Waals surface area contributed by atoms with Crippen molar-refractivity contribution in [1.29, 1.82) is 0 Å². The van der Waals surface area contributed by atoms with Crippen LogP contribution in [0.3, 0.4) is 0 Å². The van der Waals surface area contributed by atoms with Crippen molar-refractivity contribution in [3.05, 3.63) is 23.8 Å². The third-order valence-electron chi connectivity index (χ3n) is 0.867. The zero-order chi connectivity index (χ0) is 4.41. The van der Waals surface area contributed by atoms with Gasteiger partial charge in [0.2, 0.25) is 0 Å². The van der Waals surface area contributed by atoms with Crippen LogP contribution in [0.25, 0.3) is 0 Å². The molecule has 8 heavy (non-hydrogen) atoms. The van der Waals surface area contributed by atoms with Crippen LogP contribution in [-0.2, 0) is 17.1 Å². The Bertz CT molecular complexity index is 102. The number of allylic oxidation sites excluding steroid dienone is 4. The van der Waals surface area contributed by atoms with E-state index in [0.717, 1.165) is 6.42 Å². The molecule has 1 aliphatic carbocycles. The molecule has 0 aromatic carbocycles. The molecule has 0 spiro atoms. The Labute approximate surface area is 66.9 Å². The fourth-order valence-electron chi connectivity index (χ4n) is 0.515. The van der Waals surface area contributed by atoms with E-state index in [1.165, 1.54) is 5.57 Å². The minimum Gasteiger partial charge on any atom is -0.270 e. The average Bonchev–Trinajstić information content (AvgIpc) is 1.86. The van der Waals surface area contributed by atoms with Crippen LogP contribution >= 0.6 is 12.4 Å². The number of rotatable bonds is 0. The van der Waals surface area contributed by atoms with Gasteiger partial charge in [0.05, 0.1) is 0 Å². The van der Waals surface area contributed by atoms with Gasteiger partial charge in [0, 0.05) is 17.1 Å². The Morgan fingerprint density at radius 1 is 1.62 bits per heavy atom. The van der Waals surface area contributed by atoms with Crippen molar-refractivity contribution in [1.82, 2.24) is 0 Å². The van der Waals surface area contributed by atoms with Crippen LogP contribution in [0.15, 0.2) is 17.7 Å². The molecule has 1 aliphatic rings. The van der Waals surface area contributed by atoms with Gasteiger partial charge < -0.3 is 0 Å². The molecule has 47 valence electrons. The summed E-state index contributed by atoms with van der Waals surface area (Å²) in [5, 5.41) is 0. The first-order chi connectivity index (χ1) is 2.89. The number of halogens is 1. The fraction of sp³-hybridized carbons (Fsp3) is 0.333. The maximum absolute atomic E-state index is 3.12. The van der Waals surface area contributed by atoms with Gasteiger partial charge in [0.25, 0.3) is 0 Å². The molecule has 0 bridgehead atoms. The monoisotopic (exact) mass is 170 g/mol. The maximum Gasteiger partial charge on any atom is 0 e. The molecule has 0 unspecified atom stereocenters. The van der Waals surface area contributed by atoms with Crippen LogP contribution in [0, 0.1) is 6.08 Å². The molecule has 1 rings (SSSR count). The zero-order valence-electron chi connectivity index (χ0n) is 4.65. The van der Waals surface area contributed by atoms with Crippen LogP contribution in [0.4, 0.5) is 0 Å². The quantitative estimate of drug-likeness (QED) is 0.386. The normalized spacial score (nSPS) is 13.9. The second kappa shape index (κ2) is 5.43. The Kier molecular flexibility index (Phi) is 7.55. The van der Waals surface area contributed by atoms with E-state index in [9.17, 15) is 0 Å². The minimum atomic E-state index is 0. The average molecular weight is 171 g/mol. The van der Waals surface area contributed by atoms with Gasteiger partial charge in [-0.25, -0.2) is 11.6 Å². The Hall–Kier alpha value is 0.289. The first-order valence-corrected chi connectivity index (χ1v) is 2.13. The summed E-state index contributed by atoms with van der Waals surface area (Å²) in [4.78, 5) is 0. The summed E-state index contributed by atoms with van der Waals surface area (Å²) in [7, 11) is 0. The second-order valence-electron chi connectivity index (χ2n) is 1.47. The van der Waals surface area contributed by atoms with E-state index in [-0.39, 0.29) is 29.5 Å². The molecule has 0 atom stereocenters. The van der Waals surface area contributed by atoms with Gasteiger partial charge in [-0.15, -0.1) is 18.8 Å². The van der Waals surface area contributed by atoms with Crippen LogP contribution in [-0.4, -0.2) is 0 Å². The Morgan fingerprint density at radius 3 is 2.38 bits per heavy atom. The second-order valence-corrected chi connectivity index (χ2v) is 1.47. The third-order valence-corrected chi connectivity index (χ3v) is 0.867. The Morgan fingerprint density at radius 2 is 2.25 bits per heavy atom. The van der Waals surface area contributed by atoms with Crippen molar-refractivity contribution in [2.75, 3.05) is 0 Å². The van der Waals surface area contributed by atoms with Gasteiger partial charge in [-0.2, -0.15) is 6.08 Å². The summed E-state index contributed by atoms with van der Waals surface area (Å²) in [6, 6.07) is 0. The minimum absolute atomic E-state index is 0. The molecule has 0 nitrogen and oxygen atoms in total. The molecule has 2 heteroatoms. The molecule has 0 aliphatic heterocycles. The van der Waals surface area contributed by atoms with E-state index in [0.29, 0.717) is 0 Å². The summed E-state index contributed by atoms with van der Waals surface area (Å²) in [6.07, 6.45) is 8.33. The van der Waals surface area contributed by atoms with Crippen LogP contribution in [0.2, 0.25) is 0 Å². The molecule has 0 amide bonds. The van der Waals surface area contributed by atoms with Gasteiger partial charge in [0.15, 0.2) is 0 Å². The third kappa shape index (κ3) is 3.31. The first-order valence-electron chi connectivity index (χ1n) is 2.13. The zero-order valence-corrected chi connectivity index (χ0v) is 6.64. The van der Waals surface area contributed by atoms with Crippen molar-refractivity contribution >= 4 is 12.4 Å². The van der Waals surface area contributed by atoms with E-state index in [2.05, 4.69) is 25.2 Å². The summed E-state index contributed by atoms with van der Waals surface area (Å²) < 4.78 is 0. The van der Waals surface area contributed by atoms with Crippen molar-refractivity contribution < 1.29 is 17.1 Å². The topological polar surface area (TPSA) is 0 Å². The molecule has 0 aromatic rings. The van der Waals surface area contributed by atoms with E-state index in [4.69, 9.17) is 0 Å². The van der Waals surface area contributed by atoms with Gasteiger partial charge in [-0.3, -0.25) is 6.08 Å². The van der Waals surface area contributed by atoms with Gasteiger partial charge in [0.1, 0.15) is 0 Å². The van der Waals surface area contributed by atoms with Crippen LogP contribution in [0.1, 0.15) is 13.3 Å². The predicted molar refractivity (Wildman–Crippen MR) is 33.4 cm³/mol. The van der Waals surface area contributed by atoms with Crippen molar-refractivity contribution in [2.24, 2.45) is 0 Å². The largest absolute Gasteiger partial charge is 0.270 e. The molecule has 0 fully saturated rings. The van der Waals surface area contributed by atoms with Crippen LogP contribution in [0.5, 0.6) is 0 Å². The summed E-state index contributed by atoms with van der Waals surface area (Å²) in [5.41, 5.74) is 1.27. The maximum atomic E-state index is 3.12. The molecule has 0 saturated carbocycles. The molecule has 0 N–H and O–H groups in total. The van der Waals surface area contributed by atoms with Gasteiger partial charge in [-0.1, -0.05) is 6.92 Å². The van der Waals surface area contributed by atoms with Gasteiger partial charge >= 0.3 is 0 Å². The molecular formula is C6H8ClMn-. The Balaban J connectivity index is 0. The SMILES string of the molecule is CC1=[C-]CC=C1.Cl.[Mn]. The first kappa shape index (κ1) is 11.1. The molecular weight excluding hydrogens is 162 g/mol. The van der Waals surface area contributed by atoms with Crippen molar-refractivity contribution in [2.45, 2.75) is 13.3 Å². The molecule has 0 saturated heterocycles. The molecule has 0 aromatic heterocycles. The summed E-state index contributed by atoms with van der Waals surface area (Å²) in [6.45, 7) is 2.06. The van der Waals surface area contributed by atoms with Crippen LogP contribution < -0.4 is 0 Å². The summed E-state index contributed by atoms with van der Waals surface area (Å²) >= 11 is 0. The fourth-order valence-corrected chi connectivity index (χ4v) is 0.515. The van der Waals surface area contributed by atoms with Crippen molar-refractivity contribution in [3.8, 4) is 0 Å². The standard InChI is InChI=1S/C6H7.ClH.Mn/c1-6-4-2-3-5-6;;/h2,4H,3H2,1H3;1H;/q-1;;. The summed E-state index contributed by atoms with van der Waals surface area (Å²) in [5.74, 6) is 0. The predicted octanol–water partition coefficient (Wildman–Crippen LogP) is 2.12.